The Morgan fingerprint density at radius 3 is 2.73 bits per heavy atom. The van der Waals surface area contributed by atoms with Crippen molar-refractivity contribution >= 4 is 22.0 Å². The zero-order chi connectivity index (χ0) is 23.6. The van der Waals surface area contributed by atoms with Crippen LogP contribution in [0, 0.1) is 18.3 Å². The van der Waals surface area contributed by atoms with Crippen molar-refractivity contribution < 1.29 is 8.73 Å². The first-order chi connectivity index (χ1) is 15.8. The molecule has 2 N–H and O–H groups in total. The van der Waals surface area contributed by atoms with Gasteiger partial charge in [0.1, 0.15) is 17.5 Å². The van der Waals surface area contributed by atoms with E-state index in [0.29, 0.717) is 29.8 Å². The summed E-state index contributed by atoms with van der Waals surface area (Å²) in [5.41, 5.74) is 5.20. The zero-order valence-electron chi connectivity index (χ0n) is 18.8. The van der Waals surface area contributed by atoms with Crippen molar-refractivity contribution in [2.24, 2.45) is 5.14 Å². The minimum atomic E-state index is -1.54. The fraction of sp³-hybridized carbons (Fsp3) is 0.280. The summed E-state index contributed by atoms with van der Waals surface area (Å²) in [4.78, 5) is 9.28. The lowest BCUT2D eigenvalue weighted by molar-refractivity contribution is 0.458. The molecule has 1 aromatic carbocycles. The molecule has 7 nitrogen and oxygen atoms in total. The summed E-state index contributed by atoms with van der Waals surface area (Å²) in [6.07, 6.45) is 2.77. The summed E-state index contributed by atoms with van der Waals surface area (Å²) in [5.74, 6) is -0.167. The molecule has 0 fully saturated rings. The average Bonchev–Trinajstić information content (AvgIpc) is 3.24. The fourth-order valence-corrected chi connectivity index (χ4v) is 4.40. The highest BCUT2D eigenvalue weighted by molar-refractivity contribution is 7.84. The molecule has 0 saturated carbocycles. The Morgan fingerprint density at radius 1 is 1.18 bits per heavy atom. The van der Waals surface area contributed by atoms with Crippen LogP contribution >= 0.6 is 0 Å². The Kier molecular flexibility index (Phi) is 6.36. The monoisotopic (exact) mass is 459 g/mol. The molecule has 0 saturated heterocycles. The van der Waals surface area contributed by atoms with Crippen molar-refractivity contribution in [2.75, 3.05) is 0 Å². The van der Waals surface area contributed by atoms with Gasteiger partial charge in [0.05, 0.1) is 21.4 Å². The van der Waals surface area contributed by atoms with Crippen LogP contribution in [-0.2, 0) is 17.4 Å². The number of rotatable bonds is 7. The first-order valence-corrected chi connectivity index (χ1v) is 11.8. The molecular weight excluding hydrogens is 434 g/mol. The number of benzene rings is 1. The molecule has 0 amide bonds. The van der Waals surface area contributed by atoms with E-state index < -0.39 is 15.7 Å². The van der Waals surface area contributed by atoms with Crippen molar-refractivity contribution in [1.82, 2.24) is 15.1 Å². The first-order valence-electron chi connectivity index (χ1n) is 10.6. The van der Waals surface area contributed by atoms with Gasteiger partial charge in [-0.25, -0.2) is 9.19 Å². The maximum absolute atomic E-state index is 12.3. The summed E-state index contributed by atoms with van der Waals surface area (Å²) in [6.45, 7) is 5.74. The molecule has 0 aliphatic carbocycles. The predicted octanol–water partition coefficient (Wildman–Crippen LogP) is 4.58. The SMILES string of the molecule is Cc1ccc(C#N)nc1C[C@@H](CC(C)(C)S(N)=O)c1ncccc1-c1noc2ccccc12. The second kappa shape index (κ2) is 9.22. The van der Waals surface area contributed by atoms with Gasteiger partial charge in [-0.05, 0) is 69.5 Å². The van der Waals surface area contributed by atoms with E-state index in [4.69, 9.17) is 14.6 Å². The molecule has 33 heavy (non-hydrogen) atoms. The molecule has 0 radical (unpaired) electrons. The minimum absolute atomic E-state index is 0.167. The molecule has 0 bridgehead atoms. The quantitative estimate of drug-likeness (QED) is 0.432. The van der Waals surface area contributed by atoms with Crippen molar-refractivity contribution in [2.45, 2.75) is 44.3 Å². The molecule has 3 aromatic heterocycles. The van der Waals surface area contributed by atoms with Gasteiger partial charge in [0.25, 0.3) is 0 Å². The van der Waals surface area contributed by atoms with Gasteiger partial charge in [-0.2, -0.15) is 5.26 Å². The van der Waals surface area contributed by atoms with Crippen LogP contribution in [-0.4, -0.2) is 24.1 Å². The average molecular weight is 460 g/mol. The Hall–Kier alpha value is -3.41. The van der Waals surface area contributed by atoms with Crippen LogP contribution < -0.4 is 5.14 Å². The number of fused-ring (bicyclic) bond motifs is 1. The van der Waals surface area contributed by atoms with E-state index >= 15 is 0 Å². The number of aryl methyl sites for hydroxylation is 1. The summed E-state index contributed by atoms with van der Waals surface area (Å²) >= 11 is 0. The standard InChI is InChI=1S/C25H25N5O2S/c1-16-10-11-18(15-26)29-21(16)13-17(14-25(2,3)33(27)31)23-20(8-6-12-28-23)24-19-7-4-5-9-22(19)32-30-24/h4-12,17H,13-14,27H2,1-3H3/t17-,33?/m0/s1. The van der Waals surface area contributed by atoms with Crippen LogP contribution in [0.3, 0.4) is 0 Å². The van der Waals surface area contributed by atoms with Crippen LogP contribution in [0.25, 0.3) is 22.2 Å². The van der Waals surface area contributed by atoms with E-state index in [-0.39, 0.29) is 5.92 Å². The number of nitriles is 1. The van der Waals surface area contributed by atoms with Gasteiger partial charge >= 0.3 is 0 Å². The summed E-state index contributed by atoms with van der Waals surface area (Å²) in [6, 6.07) is 17.2. The smallest absolute Gasteiger partial charge is 0.167 e. The number of nitrogens with two attached hydrogens (primary N) is 1. The predicted molar refractivity (Wildman–Crippen MR) is 128 cm³/mol. The van der Waals surface area contributed by atoms with E-state index in [2.05, 4.69) is 16.2 Å². The number of pyridine rings is 2. The van der Waals surface area contributed by atoms with Gasteiger partial charge in [-0.1, -0.05) is 23.4 Å². The Morgan fingerprint density at radius 2 is 1.97 bits per heavy atom. The molecule has 2 atom stereocenters. The van der Waals surface area contributed by atoms with Crippen LogP contribution in [0.1, 0.15) is 48.8 Å². The Bertz CT molecular complexity index is 1370. The van der Waals surface area contributed by atoms with Gasteiger partial charge < -0.3 is 4.52 Å². The second-order valence-corrected chi connectivity index (χ2v) is 10.4. The molecule has 0 spiro atoms. The van der Waals surface area contributed by atoms with E-state index in [9.17, 15) is 9.47 Å². The van der Waals surface area contributed by atoms with E-state index in [1.807, 2.05) is 63.2 Å². The highest BCUT2D eigenvalue weighted by Gasteiger charge is 2.32. The highest BCUT2D eigenvalue weighted by Crippen LogP contribution is 2.38. The lowest BCUT2D eigenvalue weighted by Crippen LogP contribution is -2.34. The third-order valence-corrected chi connectivity index (χ3v) is 7.15. The maximum atomic E-state index is 12.3. The van der Waals surface area contributed by atoms with Gasteiger partial charge in [0, 0.05) is 28.8 Å². The largest absolute Gasteiger partial charge is 0.356 e. The number of para-hydroxylation sites is 1. The Balaban J connectivity index is 1.85. The normalized spacial score (nSPS) is 13.5. The number of hydrogen-bond donors (Lipinski definition) is 1. The number of aromatic nitrogens is 3. The molecule has 4 aromatic rings. The maximum Gasteiger partial charge on any atom is 0.167 e. The third-order valence-electron chi connectivity index (χ3n) is 5.90. The molecule has 4 rings (SSSR count). The molecule has 0 aliphatic heterocycles. The van der Waals surface area contributed by atoms with Crippen molar-refractivity contribution in [3.63, 3.8) is 0 Å². The zero-order valence-corrected chi connectivity index (χ0v) is 19.6. The number of nitrogens with zero attached hydrogens (tertiary/aromatic N) is 4. The Labute approximate surface area is 195 Å². The van der Waals surface area contributed by atoms with E-state index in [1.165, 1.54) is 0 Å². The van der Waals surface area contributed by atoms with E-state index in [1.54, 1.807) is 12.3 Å². The van der Waals surface area contributed by atoms with Crippen LogP contribution in [0.15, 0.2) is 59.3 Å². The molecule has 1 unspecified atom stereocenters. The van der Waals surface area contributed by atoms with E-state index in [0.717, 1.165) is 27.9 Å². The number of hydrogen-bond acceptors (Lipinski definition) is 6. The molecule has 8 heteroatoms. The van der Waals surface area contributed by atoms with Gasteiger partial charge in [-0.3, -0.25) is 10.1 Å². The molecule has 168 valence electrons. The van der Waals surface area contributed by atoms with Crippen molar-refractivity contribution in [3.8, 4) is 17.3 Å². The van der Waals surface area contributed by atoms with Crippen LogP contribution in [0.2, 0.25) is 0 Å². The molecule has 3 heterocycles. The molecular formula is C25H25N5O2S. The second-order valence-electron chi connectivity index (χ2n) is 8.70. The highest BCUT2D eigenvalue weighted by atomic mass is 32.2. The fourth-order valence-electron chi connectivity index (χ4n) is 4.04. The van der Waals surface area contributed by atoms with Crippen molar-refractivity contribution in [1.29, 1.82) is 5.26 Å². The van der Waals surface area contributed by atoms with Gasteiger partial charge in [0.2, 0.25) is 0 Å². The topological polar surface area (TPSA) is 119 Å². The van der Waals surface area contributed by atoms with Crippen molar-refractivity contribution in [3.05, 3.63) is 77.4 Å². The minimum Gasteiger partial charge on any atom is -0.356 e. The van der Waals surface area contributed by atoms with Crippen LogP contribution in [0.5, 0.6) is 0 Å². The summed E-state index contributed by atoms with van der Waals surface area (Å²) in [5, 5.41) is 20.4. The van der Waals surface area contributed by atoms with Gasteiger partial charge in [-0.15, -0.1) is 0 Å². The molecule has 0 aliphatic rings. The first kappa shape index (κ1) is 22.8. The lowest BCUT2D eigenvalue weighted by atomic mass is 9.85. The van der Waals surface area contributed by atoms with Gasteiger partial charge in [0.15, 0.2) is 5.58 Å². The lowest BCUT2D eigenvalue weighted by Gasteiger charge is -2.28. The summed E-state index contributed by atoms with van der Waals surface area (Å²) < 4.78 is 17.2. The summed E-state index contributed by atoms with van der Waals surface area (Å²) in [7, 11) is -1.54. The third kappa shape index (κ3) is 4.70. The van der Waals surface area contributed by atoms with Crippen LogP contribution in [0.4, 0.5) is 0 Å².